The minimum atomic E-state index is -1.52. The fourth-order valence-corrected chi connectivity index (χ4v) is 7.64. The van der Waals surface area contributed by atoms with Gasteiger partial charge < -0.3 is 19.4 Å². The monoisotopic (exact) mass is 571 g/mol. The van der Waals surface area contributed by atoms with E-state index >= 15 is 0 Å². The second-order valence-corrected chi connectivity index (χ2v) is 15.2. The summed E-state index contributed by atoms with van der Waals surface area (Å²) in [6.45, 7) is 13.5. The number of amides is 1. The normalized spacial score (nSPS) is 18.3. The van der Waals surface area contributed by atoms with Crippen molar-refractivity contribution in [3.63, 3.8) is 0 Å². The number of carbonyl (C=O) groups excluding carboxylic acids is 1. The summed E-state index contributed by atoms with van der Waals surface area (Å²) in [5.74, 6) is 0. The van der Waals surface area contributed by atoms with Crippen molar-refractivity contribution in [3.05, 3.63) is 96.1 Å². The van der Waals surface area contributed by atoms with Gasteiger partial charge in [-0.25, -0.2) is 4.79 Å². The molecule has 0 aromatic heterocycles. The quantitative estimate of drug-likeness (QED) is 0.335. The van der Waals surface area contributed by atoms with Gasteiger partial charge in [0.2, 0.25) is 0 Å². The second-order valence-electron chi connectivity index (χ2n) is 13.2. The number of nitrogens with zero attached hydrogens (tertiary/aromatic N) is 1. The van der Waals surface area contributed by atoms with Crippen molar-refractivity contribution < 1.29 is 14.0 Å². The molecule has 4 rings (SSSR count). The van der Waals surface area contributed by atoms with E-state index in [0.717, 1.165) is 19.3 Å². The highest BCUT2D eigenvalue weighted by atomic mass is 28.3. The average molecular weight is 572 g/mol. The first-order valence-corrected chi connectivity index (χ1v) is 16.2. The first-order valence-electron chi connectivity index (χ1n) is 14.8. The molecule has 219 valence electrons. The third kappa shape index (κ3) is 8.31. The Balaban J connectivity index is 1.61. The molecule has 3 aromatic carbocycles. The van der Waals surface area contributed by atoms with Gasteiger partial charge in [0.1, 0.15) is 0 Å². The number of rotatable bonds is 9. The lowest BCUT2D eigenvalue weighted by molar-refractivity contribution is 0.0774. The van der Waals surface area contributed by atoms with Gasteiger partial charge in [0.25, 0.3) is 9.04 Å². The molecule has 1 heterocycles. The lowest BCUT2D eigenvalue weighted by Gasteiger charge is -2.36. The lowest BCUT2D eigenvalue weighted by Crippen LogP contribution is -2.54. The Kier molecular flexibility index (Phi) is 10.1. The predicted octanol–water partition coefficient (Wildman–Crippen LogP) is 5.71. The molecular weight excluding hydrogens is 524 g/mol. The first kappa shape index (κ1) is 31.0. The highest BCUT2D eigenvalue weighted by molar-refractivity contribution is 6.80. The number of methoxy groups -OCH3 is 1. The fourth-order valence-electron chi connectivity index (χ4n) is 5.52. The highest BCUT2D eigenvalue weighted by Crippen LogP contribution is 2.25. The van der Waals surface area contributed by atoms with Crippen LogP contribution < -0.4 is 15.7 Å². The summed E-state index contributed by atoms with van der Waals surface area (Å²) >= 11 is 0. The Morgan fingerprint density at radius 3 is 2.02 bits per heavy atom. The molecule has 6 heteroatoms. The van der Waals surface area contributed by atoms with Crippen molar-refractivity contribution in [2.75, 3.05) is 13.7 Å². The van der Waals surface area contributed by atoms with Gasteiger partial charge in [-0.15, -0.1) is 0 Å². The summed E-state index contributed by atoms with van der Waals surface area (Å²) in [7, 11) is -0.0650. The predicted molar refractivity (Wildman–Crippen MR) is 170 cm³/mol. The van der Waals surface area contributed by atoms with Crippen LogP contribution in [0.1, 0.15) is 65.5 Å². The fraction of sp³-hybridized carbons (Fsp3) is 0.457. The third-order valence-corrected chi connectivity index (χ3v) is 10.2. The van der Waals surface area contributed by atoms with Crippen LogP contribution in [0.5, 0.6) is 0 Å². The maximum absolute atomic E-state index is 12.6. The summed E-state index contributed by atoms with van der Waals surface area (Å²) < 4.78 is 12.4. The van der Waals surface area contributed by atoms with Crippen LogP contribution in [0.4, 0.5) is 4.79 Å². The van der Waals surface area contributed by atoms with Crippen molar-refractivity contribution in [1.82, 2.24) is 10.2 Å². The Morgan fingerprint density at radius 2 is 1.46 bits per heavy atom. The Morgan fingerprint density at radius 1 is 0.878 bits per heavy atom. The van der Waals surface area contributed by atoms with Gasteiger partial charge in [0.15, 0.2) is 0 Å². The molecule has 0 saturated carbocycles. The minimum absolute atomic E-state index is 0.0139. The van der Waals surface area contributed by atoms with Crippen LogP contribution in [0.3, 0.4) is 0 Å². The topological polar surface area (TPSA) is 50.8 Å². The molecule has 0 aliphatic carbocycles. The lowest BCUT2D eigenvalue weighted by atomic mass is 9.87. The van der Waals surface area contributed by atoms with Gasteiger partial charge >= 0.3 is 6.09 Å². The third-order valence-electron chi connectivity index (χ3n) is 7.93. The van der Waals surface area contributed by atoms with Crippen molar-refractivity contribution >= 4 is 25.5 Å². The summed E-state index contributed by atoms with van der Waals surface area (Å²) in [6, 6.07) is 30.7. The number of carbonyl (C=O) groups is 1. The van der Waals surface area contributed by atoms with Gasteiger partial charge in [0, 0.05) is 24.2 Å². The van der Waals surface area contributed by atoms with E-state index in [1.807, 2.05) is 4.90 Å². The number of hydrogen-bond donors (Lipinski definition) is 1. The molecule has 5 nitrogen and oxygen atoms in total. The van der Waals surface area contributed by atoms with Gasteiger partial charge in [-0.2, -0.15) is 0 Å². The summed E-state index contributed by atoms with van der Waals surface area (Å²) in [6.07, 6.45) is 2.50. The van der Waals surface area contributed by atoms with Gasteiger partial charge in [-0.3, -0.25) is 0 Å². The molecule has 1 saturated heterocycles. The summed E-state index contributed by atoms with van der Waals surface area (Å²) in [5.41, 5.74) is 2.37. The Labute approximate surface area is 249 Å². The van der Waals surface area contributed by atoms with E-state index in [1.54, 1.807) is 0 Å². The summed E-state index contributed by atoms with van der Waals surface area (Å²) in [5, 5.41) is 6.38. The van der Waals surface area contributed by atoms with E-state index in [9.17, 15) is 4.79 Å². The molecule has 3 aromatic rings. The van der Waals surface area contributed by atoms with Crippen molar-refractivity contribution in [2.45, 2.75) is 89.9 Å². The molecule has 1 N–H and O–H groups in total. The molecule has 0 bridgehead atoms. The van der Waals surface area contributed by atoms with E-state index in [0.29, 0.717) is 6.54 Å². The van der Waals surface area contributed by atoms with E-state index in [1.165, 1.54) is 28.6 Å². The van der Waals surface area contributed by atoms with Crippen LogP contribution >= 0.6 is 0 Å². The van der Waals surface area contributed by atoms with Crippen LogP contribution in [0, 0.1) is 0 Å². The molecule has 1 amide bonds. The number of hydrogen-bond acceptors (Lipinski definition) is 4. The van der Waals surface area contributed by atoms with Crippen LogP contribution in [0.25, 0.3) is 0 Å². The summed E-state index contributed by atoms with van der Waals surface area (Å²) in [4.78, 5) is 14.4. The minimum Gasteiger partial charge on any atom is -0.453 e. The number of ether oxygens (including phenoxy) is 1. The molecule has 1 radical (unpaired) electrons. The molecule has 41 heavy (non-hydrogen) atoms. The van der Waals surface area contributed by atoms with Crippen LogP contribution in [0.2, 0.25) is 0 Å². The highest BCUT2D eigenvalue weighted by Gasteiger charge is 2.37. The van der Waals surface area contributed by atoms with Gasteiger partial charge in [0.05, 0.1) is 13.2 Å². The zero-order valence-corrected chi connectivity index (χ0v) is 26.8. The van der Waals surface area contributed by atoms with Crippen molar-refractivity contribution in [2.24, 2.45) is 0 Å². The van der Waals surface area contributed by atoms with Gasteiger partial charge in [-0.05, 0) is 66.9 Å². The van der Waals surface area contributed by atoms with Crippen molar-refractivity contribution in [1.29, 1.82) is 0 Å². The molecular formula is C35H47N2O3Si. The van der Waals surface area contributed by atoms with E-state index in [4.69, 9.17) is 9.16 Å². The molecule has 0 spiro atoms. The SMILES string of the molecule is COC(=O)N(CC1CCC(C(Cc2ccccc2)O[Si](c2ccccc2)c2ccc(C(C)(C)C)cc2)N1)C(C)(C)C. The maximum Gasteiger partial charge on any atom is 0.409 e. The van der Waals surface area contributed by atoms with Crippen LogP contribution in [-0.4, -0.2) is 57.4 Å². The van der Waals surface area contributed by atoms with Gasteiger partial charge in [-0.1, -0.05) is 106 Å². The standard InChI is InChI=1S/C35H47N2O3Si/c1-34(2,3)27-18-21-30(22-19-27)41(29-16-12-9-13-17-29)40-32(24-26-14-10-8-11-15-26)31-23-20-28(36-31)25-37(33(38)39-7)35(4,5)6/h8-19,21-22,28,31-32,36H,20,23-25H2,1-7H3. The number of nitrogens with one attached hydrogen (secondary N) is 1. The van der Waals surface area contributed by atoms with E-state index < -0.39 is 9.04 Å². The second kappa shape index (κ2) is 13.4. The Hall–Kier alpha value is -2.93. The zero-order valence-electron chi connectivity index (χ0n) is 25.8. The van der Waals surface area contributed by atoms with Crippen molar-refractivity contribution in [3.8, 4) is 0 Å². The van der Waals surface area contributed by atoms with E-state index in [2.05, 4.69) is 132 Å². The molecule has 1 aliphatic rings. The number of benzene rings is 3. The van der Waals surface area contributed by atoms with Crippen LogP contribution in [0.15, 0.2) is 84.9 Å². The largest absolute Gasteiger partial charge is 0.453 e. The molecule has 1 aliphatic heterocycles. The average Bonchev–Trinajstić information content (AvgIpc) is 3.42. The van der Waals surface area contributed by atoms with Crippen LogP contribution in [-0.2, 0) is 21.0 Å². The molecule has 1 fully saturated rings. The molecule has 3 unspecified atom stereocenters. The first-order chi connectivity index (χ1) is 19.5. The molecule has 3 atom stereocenters. The smallest absolute Gasteiger partial charge is 0.409 e. The maximum atomic E-state index is 12.6. The zero-order chi connectivity index (χ0) is 29.6. The van der Waals surface area contributed by atoms with E-state index in [-0.39, 0.29) is 35.2 Å². The Bertz CT molecular complexity index is 1240.